The van der Waals surface area contributed by atoms with E-state index in [4.69, 9.17) is 9.47 Å². The highest BCUT2D eigenvalue weighted by molar-refractivity contribution is 9.10. The second-order valence-electron chi connectivity index (χ2n) is 4.60. The highest BCUT2D eigenvalue weighted by atomic mass is 79.9. The van der Waals surface area contributed by atoms with Crippen LogP contribution < -0.4 is 10.1 Å². The molecule has 1 aliphatic heterocycles. The first-order valence-electron chi connectivity index (χ1n) is 6.65. The van der Waals surface area contributed by atoms with Crippen molar-refractivity contribution in [3.05, 3.63) is 28.2 Å². The minimum Gasteiger partial charge on any atom is -0.491 e. The predicted molar refractivity (Wildman–Crippen MR) is 79.7 cm³/mol. The number of hydrogen-bond acceptors (Lipinski definition) is 4. The van der Waals surface area contributed by atoms with Gasteiger partial charge < -0.3 is 14.8 Å². The fourth-order valence-corrected chi connectivity index (χ4v) is 2.63. The molecule has 1 aromatic carbocycles. The van der Waals surface area contributed by atoms with Crippen LogP contribution in [0, 0.1) is 0 Å². The quantitative estimate of drug-likeness (QED) is 0.864. The van der Waals surface area contributed by atoms with Gasteiger partial charge in [-0.1, -0.05) is 6.07 Å². The number of nitrogens with zero attached hydrogens (tertiary/aromatic N) is 1. The minimum absolute atomic E-state index is 0.712. The van der Waals surface area contributed by atoms with E-state index >= 15 is 0 Å². The Balaban J connectivity index is 1.78. The molecule has 0 unspecified atom stereocenters. The smallest absolute Gasteiger partial charge is 0.133 e. The fourth-order valence-electron chi connectivity index (χ4n) is 2.08. The lowest BCUT2D eigenvalue weighted by Gasteiger charge is -2.26. The zero-order chi connectivity index (χ0) is 13.5. The number of nitrogens with one attached hydrogen (secondary N) is 1. The molecule has 0 saturated carbocycles. The van der Waals surface area contributed by atoms with Crippen molar-refractivity contribution in [2.24, 2.45) is 0 Å². The highest BCUT2D eigenvalue weighted by Gasteiger charge is 2.10. The molecule has 0 bridgehead atoms. The van der Waals surface area contributed by atoms with Gasteiger partial charge in [0.1, 0.15) is 12.4 Å². The maximum Gasteiger partial charge on any atom is 0.133 e. The summed E-state index contributed by atoms with van der Waals surface area (Å²) >= 11 is 3.56. The Bertz CT molecular complexity index is 395. The standard InChI is InChI=1S/C14H21BrN2O2/c1-16-11-12-2-3-14(13(15)10-12)19-9-6-17-4-7-18-8-5-17/h2-3,10,16H,4-9,11H2,1H3. The Labute approximate surface area is 123 Å². The summed E-state index contributed by atoms with van der Waals surface area (Å²) < 4.78 is 12.2. The maximum absolute atomic E-state index is 5.82. The van der Waals surface area contributed by atoms with Crippen molar-refractivity contribution in [1.29, 1.82) is 0 Å². The third kappa shape index (κ3) is 4.76. The van der Waals surface area contributed by atoms with E-state index in [-0.39, 0.29) is 0 Å². The van der Waals surface area contributed by atoms with Crippen molar-refractivity contribution in [3.8, 4) is 5.75 Å². The fraction of sp³-hybridized carbons (Fsp3) is 0.571. The summed E-state index contributed by atoms with van der Waals surface area (Å²) in [6, 6.07) is 6.21. The average Bonchev–Trinajstić information content (AvgIpc) is 2.43. The summed E-state index contributed by atoms with van der Waals surface area (Å²) in [7, 11) is 1.95. The third-order valence-electron chi connectivity index (χ3n) is 3.15. The molecular formula is C14H21BrN2O2. The van der Waals surface area contributed by atoms with E-state index in [0.29, 0.717) is 6.61 Å². The minimum atomic E-state index is 0.712. The van der Waals surface area contributed by atoms with Gasteiger partial charge in [-0.2, -0.15) is 0 Å². The van der Waals surface area contributed by atoms with Gasteiger partial charge in [0.15, 0.2) is 0 Å². The van der Waals surface area contributed by atoms with E-state index < -0.39 is 0 Å². The van der Waals surface area contributed by atoms with Crippen LogP contribution >= 0.6 is 15.9 Å². The van der Waals surface area contributed by atoms with Gasteiger partial charge in [-0.05, 0) is 40.7 Å². The zero-order valence-corrected chi connectivity index (χ0v) is 12.9. The number of benzene rings is 1. The molecule has 106 valence electrons. The van der Waals surface area contributed by atoms with Crippen LogP contribution in [0.2, 0.25) is 0 Å². The number of rotatable bonds is 6. The first kappa shape index (κ1) is 14.8. The van der Waals surface area contributed by atoms with E-state index in [1.54, 1.807) is 0 Å². The van der Waals surface area contributed by atoms with Crippen LogP contribution in [0.25, 0.3) is 0 Å². The van der Waals surface area contributed by atoms with Crippen LogP contribution in [0.1, 0.15) is 5.56 Å². The molecule has 1 aromatic rings. The summed E-state index contributed by atoms with van der Waals surface area (Å²) in [4.78, 5) is 2.37. The highest BCUT2D eigenvalue weighted by Crippen LogP contribution is 2.26. The van der Waals surface area contributed by atoms with E-state index in [2.05, 4.69) is 38.3 Å². The van der Waals surface area contributed by atoms with Crippen molar-refractivity contribution in [3.63, 3.8) is 0 Å². The summed E-state index contributed by atoms with van der Waals surface area (Å²) in [5.74, 6) is 0.910. The van der Waals surface area contributed by atoms with Crippen LogP contribution in [-0.2, 0) is 11.3 Å². The van der Waals surface area contributed by atoms with Gasteiger partial charge in [0.2, 0.25) is 0 Å². The van der Waals surface area contributed by atoms with Gasteiger partial charge in [-0.3, -0.25) is 4.90 Å². The first-order chi connectivity index (χ1) is 9.29. The van der Waals surface area contributed by atoms with E-state index in [1.165, 1.54) is 5.56 Å². The van der Waals surface area contributed by atoms with Crippen LogP contribution in [0.4, 0.5) is 0 Å². The molecule has 1 N–H and O–H groups in total. The molecule has 2 rings (SSSR count). The molecule has 0 atom stereocenters. The van der Waals surface area contributed by atoms with Gasteiger partial charge in [-0.25, -0.2) is 0 Å². The van der Waals surface area contributed by atoms with Gasteiger partial charge in [0.25, 0.3) is 0 Å². The third-order valence-corrected chi connectivity index (χ3v) is 3.77. The van der Waals surface area contributed by atoms with Crippen LogP contribution in [-0.4, -0.2) is 51.4 Å². The summed E-state index contributed by atoms with van der Waals surface area (Å²) in [5, 5.41) is 3.14. The molecular weight excluding hydrogens is 308 g/mol. The van der Waals surface area contributed by atoms with Crippen molar-refractivity contribution < 1.29 is 9.47 Å². The molecule has 1 aliphatic rings. The lowest BCUT2D eigenvalue weighted by molar-refractivity contribution is 0.0322. The molecule has 19 heavy (non-hydrogen) atoms. The van der Waals surface area contributed by atoms with Crippen molar-refractivity contribution in [2.45, 2.75) is 6.54 Å². The normalized spacial score (nSPS) is 16.5. The number of ether oxygens (including phenoxy) is 2. The summed E-state index contributed by atoms with van der Waals surface area (Å²) in [5.41, 5.74) is 1.25. The molecule has 5 heteroatoms. The van der Waals surface area contributed by atoms with Crippen molar-refractivity contribution >= 4 is 15.9 Å². The van der Waals surface area contributed by atoms with E-state index in [9.17, 15) is 0 Å². The zero-order valence-electron chi connectivity index (χ0n) is 11.3. The monoisotopic (exact) mass is 328 g/mol. The Morgan fingerprint density at radius 2 is 2.16 bits per heavy atom. The predicted octanol–water partition coefficient (Wildman–Crippen LogP) is 1.88. The van der Waals surface area contributed by atoms with Crippen LogP contribution in [0.15, 0.2) is 22.7 Å². The molecule has 1 saturated heterocycles. The number of halogens is 1. The first-order valence-corrected chi connectivity index (χ1v) is 7.45. The lowest BCUT2D eigenvalue weighted by atomic mass is 10.2. The van der Waals surface area contributed by atoms with Crippen LogP contribution in [0.5, 0.6) is 5.75 Å². The molecule has 0 aliphatic carbocycles. The Morgan fingerprint density at radius 3 is 2.84 bits per heavy atom. The van der Waals surface area contributed by atoms with Gasteiger partial charge >= 0.3 is 0 Å². The van der Waals surface area contributed by atoms with Crippen molar-refractivity contribution in [2.75, 3.05) is 46.5 Å². The summed E-state index contributed by atoms with van der Waals surface area (Å²) in [6.45, 7) is 6.22. The maximum atomic E-state index is 5.82. The Hall–Kier alpha value is -0.620. The van der Waals surface area contributed by atoms with Crippen LogP contribution in [0.3, 0.4) is 0 Å². The molecule has 1 heterocycles. The average molecular weight is 329 g/mol. The van der Waals surface area contributed by atoms with Gasteiger partial charge in [0, 0.05) is 26.2 Å². The molecule has 0 aromatic heterocycles. The van der Waals surface area contributed by atoms with Gasteiger partial charge in [0.05, 0.1) is 17.7 Å². The topological polar surface area (TPSA) is 33.7 Å². The van der Waals surface area contributed by atoms with E-state index in [1.807, 2.05) is 13.1 Å². The van der Waals surface area contributed by atoms with Crippen molar-refractivity contribution in [1.82, 2.24) is 10.2 Å². The van der Waals surface area contributed by atoms with E-state index in [0.717, 1.165) is 49.6 Å². The number of hydrogen-bond donors (Lipinski definition) is 1. The SMILES string of the molecule is CNCc1ccc(OCCN2CCOCC2)c(Br)c1. The van der Waals surface area contributed by atoms with Gasteiger partial charge in [-0.15, -0.1) is 0 Å². The lowest BCUT2D eigenvalue weighted by Crippen LogP contribution is -2.38. The molecule has 0 amide bonds. The molecule has 0 radical (unpaired) electrons. The summed E-state index contributed by atoms with van der Waals surface area (Å²) in [6.07, 6.45) is 0. The molecule has 4 nitrogen and oxygen atoms in total. The largest absolute Gasteiger partial charge is 0.491 e. The second-order valence-corrected chi connectivity index (χ2v) is 5.45. The second kappa shape index (κ2) is 7.85. The number of morpholine rings is 1. The molecule has 0 spiro atoms. The Morgan fingerprint density at radius 1 is 1.37 bits per heavy atom. The Kier molecular flexibility index (Phi) is 6.10. The molecule has 1 fully saturated rings.